The van der Waals surface area contributed by atoms with E-state index in [0.29, 0.717) is 30.0 Å². The zero-order chi connectivity index (χ0) is 15.6. The van der Waals surface area contributed by atoms with Gasteiger partial charge in [0, 0.05) is 12.6 Å². The van der Waals surface area contributed by atoms with Crippen LogP contribution >= 0.6 is 23.2 Å². The van der Waals surface area contributed by atoms with Gasteiger partial charge >= 0.3 is 5.97 Å². The molecule has 0 saturated carbocycles. The number of halogens is 3. The Hall–Kier alpha value is -1.33. The number of ether oxygens (including phenoxy) is 1. The Morgan fingerprint density at radius 2 is 2.24 bits per heavy atom. The van der Waals surface area contributed by atoms with Crippen molar-refractivity contribution in [3.63, 3.8) is 0 Å². The van der Waals surface area contributed by atoms with Crippen molar-refractivity contribution in [2.75, 3.05) is 6.61 Å². The van der Waals surface area contributed by atoms with E-state index in [1.165, 1.54) is 12.1 Å². The number of aryl methyl sites for hydroxylation is 1. The maximum atomic E-state index is 13.7. The minimum atomic E-state index is -0.532. The first-order valence-electron chi connectivity index (χ1n) is 6.59. The molecule has 7 heteroatoms. The lowest BCUT2D eigenvalue weighted by Gasteiger charge is -2.10. The van der Waals surface area contributed by atoms with Crippen molar-refractivity contribution < 1.29 is 13.9 Å². The molecule has 0 aliphatic carbocycles. The summed E-state index contributed by atoms with van der Waals surface area (Å²) < 4.78 is 20.3. The van der Waals surface area contributed by atoms with Crippen LogP contribution in [-0.2, 0) is 16.1 Å². The van der Waals surface area contributed by atoms with Gasteiger partial charge in [0.2, 0.25) is 0 Å². The Bertz CT molecular complexity index is 671. The Morgan fingerprint density at radius 1 is 1.52 bits per heavy atom. The quantitative estimate of drug-likeness (QED) is 0.612. The van der Waals surface area contributed by atoms with Crippen LogP contribution in [0.3, 0.4) is 0 Å². The van der Waals surface area contributed by atoms with Crippen molar-refractivity contribution in [2.24, 2.45) is 0 Å². The summed E-state index contributed by atoms with van der Waals surface area (Å²) in [4.78, 5) is 15.9. The molecule has 0 bridgehead atoms. The van der Waals surface area contributed by atoms with Crippen LogP contribution in [0.5, 0.6) is 0 Å². The van der Waals surface area contributed by atoms with Gasteiger partial charge in [-0.3, -0.25) is 4.79 Å². The second kappa shape index (κ2) is 6.62. The first kappa shape index (κ1) is 16.0. The molecular weight excluding hydrogens is 318 g/mol. The lowest BCUT2D eigenvalue weighted by molar-refractivity contribution is -0.143. The number of carbonyl (C=O) groups excluding carboxylic acids is 1. The van der Waals surface area contributed by atoms with Crippen LogP contribution in [-0.4, -0.2) is 22.1 Å². The van der Waals surface area contributed by atoms with Crippen molar-refractivity contribution in [3.8, 4) is 0 Å². The number of rotatable bonds is 5. The van der Waals surface area contributed by atoms with Gasteiger partial charge in [-0.25, -0.2) is 9.37 Å². The molecule has 0 aliphatic heterocycles. The van der Waals surface area contributed by atoms with Crippen molar-refractivity contribution >= 4 is 40.2 Å². The molecule has 1 aromatic heterocycles. The van der Waals surface area contributed by atoms with Gasteiger partial charge in [0.15, 0.2) is 0 Å². The van der Waals surface area contributed by atoms with Crippen LogP contribution in [0.4, 0.5) is 4.39 Å². The first-order chi connectivity index (χ1) is 9.93. The first-order valence-corrected chi connectivity index (χ1v) is 7.40. The monoisotopic (exact) mass is 332 g/mol. The van der Waals surface area contributed by atoms with Crippen LogP contribution in [0, 0.1) is 5.82 Å². The molecule has 1 unspecified atom stereocenters. The summed E-state index contributed by atoms with van der Waals surface area (Å²) in [7, 11) is 0. The van der Waals surface area contributed by atoms with E-state index in [1.54, 1.807) is 18.4 Å². The van der Waals surface area contributed by atoms with Crippen molar-refractivity contribution in [2.45, 2.75) is 32.2 Å². The van der Waals surface area contributed by atoms with E-state index in [4.69, 9.17) is 27.9 Å². The van der Waals surface area contributed by atoms with E-state index in [2.05, 4.69) is 4.98 Å². The predicted octanol–water partition coefficient (Wildman–Crippen LogP) is 4.08. The lowest BCUT2D eigenvalue weighted by Crippen LogP contribution is -2.11. The summed E-state index contributed by atoms with van der Waals surface area (Å²) >= 11 is 11.9. The molecule has 114 valence electrons. The number of hydrogen-bond donors (Lipinski definition) is 0. The molecule has 2 rings (SSSR count). The van der Waals surface area contributed by atoms with Gasteiger partial charge in [-0.05, 0) is 19.9 Å². The molecule has 1 atom stereocenters. The molecule has 0 saturated heterocycles. The van der Waals surface area contributed by atoms with Gasteiger partial charge in [0.25, 0.3) is 0 Å². The second-order valence-electron chi connectivity index (χ2n) is 4.55. The summed E-state index contributed by atoms with van der Waals surface area (Å²) in [5, 5.41) is -0.368. The summed E-state index contributed by atoms with van der Waals surface area (Å²) in [5.41, 5.74) is 1.11. The normalized spacial score (nSPS) is 12.6. The highest BCUT2D eigenvalue weighted by Gasteiger charge is 2.17. The summed E-state index contributed by atoms with van der Waals surface area (Å²) in [6.45, 7) is 4.16. The molecule has 4 nitrogen and oxygen atoms in total. The molecule has 0 N–H and O–H groups in total. The Kier molecular flexibility index (Phi) is 5.06. The number of esters is 1. The fraction of sp³-hybridized carbons (Fsp3) is 0.429. The van der Waals surface area contributed by atoms with Crippen LogP contribution in [0.25, 0.3) is 11.0 Å². The molecule has 0 aliphatic rings. The largest absolute Gasteiger partial charge is 0.466 e. The highest BCUT2D eigenvalue weighted by molar-refractivity contribution is 6.31. The van der Waals surface area contributed by atoms with Gasteiger partial charge in [-0.15, -0.1) is 11.6 Å². The number of fused-ring (bicyclic) bond motifs is 1. The number of alkyl halides is 1. The van der Waals surface area contributed by atoms with E-state index in [9.17, 15) is 9.18 Å². The molecule has 1 aromatic carbocycles. The number of hydrogen-bond acceptors (Lipinski definition) is 3. The van der Waals surface area contributed by atoms with E-state index in [-0.39, 0.29) is 22.8 Å². The third-order valence-electron chi connectivity index (χ3n) is 3.02. The van der Waals surface area contributed by atoms with Gasteiger partial charge in [-0.1, -0.05) is 11.6 Å². The molecular formula is C14H15Cl2FN2O2. The minimum Gasteiger partial charge on any atom is -0.466 e. The topological polar surface area (TPSA) is 44.1 Å². The maximum Gasteiger partial charge on any atom is 0.307 e. The number of aromatic nitrogens is 2. The van der Waals surface area contributed by atoms with Crippen LogP contribution in [0.2, 0.25) is 5.02 Å². The van der Waals surface area contributed by atoms with E-state index < -0.39 is 5.82 Å². The lowest BCUT2D eigenvalue weighted by atomic mass is 10.3. The van der Waals surface area contributed by atoms with Crippen molar-refractivity contribution in [3.05, 3.63) is 28.8 Å². The Morgan fingerprint density at radius 3 is 2.86 bits per heavy atom. The number of imidazole rings is 1. The number of nitrogens with zero attached hydrogens (tertiary/aromatic N) is 2. The standard InChI is InChI=1S/C14H15Cl2FN2O2/c1-3-21-13(20)4-5-19-12-7-10(17)9(16)6-11(12)18-14(19)8(2)15/h6-8H,3-5H2,1-2H3. The number of carbonyl (C=O) groups is 1. The molecule has 2 aromatic rings. The fourth-order valence-electron chi connectivity index (χ4n) is 2.11. The van der Waals surface area contributed by atoms with Crippen LogP contribution in [0.1, 0.15) is 31.5 Å². The third-order valence-corrected chi connectivity index (χ3v) is 3.51. The molecule has 0 amide bonds. The summed E-state index contributed by atoms with van der Waals surface area (Å²) in [6.07, 6.45) is 0.167. The van der Waals surface area contributed by atoms with Crippen molar-refractivity contribution in [1.82, 2.24) is 9.55 Å². The smallest absolute Gasteiger partial charge is 0.307 e. The van der Waals surface area contributed by atoms with Crippen molar-refractivity contribution in [1.29, 1.82) is 0 Å². The highest BCUT2D eigenvalue weighted by Crippen LogP contribution is 2.28. The Balaban J connectivity index is 2.41. The van der Waals surface area contributed by atoms with Gasteiger partial charge in [0.1, 0.15) is 11.6 Å². The molecule has 0 radical (unpaired) electrons. The zero-order valence-corrected chi connectivity index (χ0v) is 13.2. The SMILES string of the molecule is CCOC(=O)CCn1c(C(C)Cl)nc2cc(Cl)c(F)cc21. The fourth-order valence-corrected chi connectivity index (χ4v) is 2.44. The molecule has 0 fully saturated rings. The minimum absolute atomic E-state index is 0.00585. The van der Waals surface area contributed by atoms with E-state index in [0.717, 1.165) is 0 Å². The second-order valence-corrected chi connectivity index (χ2v) is 5.61. The summed E-state index contributed by atoms with van der Waals surface area (Å²) in [5.74, 6) is -0.283. The average molecular weight is 333 g/mol. The van der Waals surface area contributed by atoms with Gasteiger partial charge < -0.3 is 9.30 Å². The van der Waals surface area contributed by atoms with E-state index in [1.807, 2.05) is 0 Å². The van der Waals surface area contributed by atoms with Gasteiger partial charge in [0.05, 0.1) is 34.5 Å². The highest BCUT2D eigenvalue weighted by atomic mass is 35.5. The molecule has 0 spiro atoms. The van der Waals surface area contributed by atoms with Crippen LogP contribution in [0.15, 0.2) is 12.1 Å². The summed E-state index contributed by atoms with van der Waals surface area (Å²) in [6, 6.07) is 2.76. The predicted molar refractivity (Wildman–Crippen MR) is 80.2 cm³/mol. The van der Waals surface area contributed by atoms with Crippen LogP contribution < -0.4 is 0 Å². The third kappa shape index (κ3) is 3.47. The molecule has 21 heavy (non-hydrogen) atoms. The zero-order valence-electron chi connectivity index (χ0n) is 11.7. The van der Waals surface area contributed by atoms with Gasteiger partial charge in [-0.2, -0.15) is 0 Å². The molecule has 1 heterocycles. The average Bonchev–Trinajstić information content (AvgIpc) is 2.75. The maximum absolute atomic E-state index is 13.7. The van der Waals surface area contributed by atoms with E-state index >= 15 is 0 Å². The Labute approximate surface area is 131 Å². The number of benzene rings is 1.